The van der Waals surface area contributed by atoms with Crippen molar-refractivity contribution >= 4 is 5.78 Å². The van der Waals surface area contributed by atoms with Gasteiger partial charge in [-0.2, -0.15) is 5.21 Å². The average Bonchev–Trinajstić information content (AvgIpc) is 3.31. The van der Waals surface area contributed by atoms with Gasteiger partial charge in [-0.05, 0) is 37.8 Å². The van der Waals surface area contributed by atoms with Gasteiger partial charge in [0, 0.05) is 24.7 Å². The first-order valence-corrected chi connectivity index (χ1v) is 10.5. The summed E-state index contributed by atoms with van der Waals surface area (Å²) in [6.45, 7) is 4.17. The van der Waals surface area contributed by atoms with Gasteiger partial charge >= 0.3 is 0 Å². The molecular weight excluding hydrogens is 340 g/mol. The van der Waals surface area contributed by atoms with Crippen LogP contribution in [0.3, 0.4) is 0 Å². The molecule has 1 aromatic rings. The molecular formula is C21H34N4O2. The number of aromatic amines is 1. The number of aromatic nitrogens is 4. The first kappa shape index (κ1) is 21.3. The Morgan fingerprint density at radius 1 is 1.15 bits per heavy atom. The number of aryl methyl sites for hydroxylation is 1. The number of unbranched alkanes of at least 4 members (excludes halogenated alkanes) is 6. The van der Waals surface area contributed by atoms with Crippen LogP contribution in [-0.4, -0.2) is 31.5 Å². The predicted octanol–water partition coefficient (Wildman–Crippen LogP) is 4.87. The molecule has 0 spiro atoms. The van der Waals surface area contributed by atoms with Gasteiger partial charge in [0.15, 0.2) is 11.6 Å². The van der Waals surface area contributed by atoms with E-state index >= 15 is 0 Å². The number of allylic oxidation sites excluding steroid dienone is 4. The third kappa shape index (κ3) is 6.92. The monoisotopic (exact) mass is 374 g/mol. The van der Waals surface area contributed by atoms with E-state index in [1.54, 1.807) is 6.08 Å². The summed E-state index contributed by atoms with van der Waals surface area (Å²) in [6.07, 6.45) is 15.0. The lowest BCUT2D eigenvalue weighted by atomic mass is 9.84. The number of aliphatic hydroxyl groups is 1. The molecule has 2 atom stereocenters. The largest absolute Gasteiger partial charge is 0.512 e. The molecule has 1 aliphatic carbocycles. The molecule has 0 unspecified atom stereocenters. The Morgan fingerprint density at radius 3 is 2.67 bits per heavy atom. The molecule has 0 amide bonds. The zero-order chi connectivity index (χ0) is 19.5. The van der Waals surface area contributed by atoms with Crippen LogP contribution in [0.15, 0.2) is 23.5 Å². The summed E-state index contributed by atoms with van der Waals surface area (Å²) < 4.78 is 0. The van der Waals surface area contributed by atoms with E-state index in [1.807, 2.05) is 13.0 Å². The van der Waals surface area contributed by atoms with E-state index in [1.165, 1.54) is 12.8 Å². The Balaban J connectivity index is 1.72. The number of hydrogen-bond acceptors (Lipinski definition) is 5. The van der Waals surface area contributed by atoms with E-state index in [9.17, 15) is 9.90 Å². The van der Waals surface area contributed by atoms with Gasteiger partial charge in [0.2, 0.25) is 0 Å². The summed E-state index contributed by atoms with van der Waals surface area (Å²) in [5.41, 5.74) is 0.982. The average molecular weight is 375 g/mol. The Bertz CT molecular complexity index is 622. The van der Waals surface area contributed by atoms with Gasteiger partial charge in [0.25, 0.3) is 0 Å². The van der Waals surface area contributed by atoms with Gasteiger partial charge in [-0.1, -0.05) is 56.7 Å². The van der Waals surface area contributed by atoms with Crippen LogP contribution in [0.1, 0.15) is 83.9 Å². The third-order valence-corrected chi connectivity index (χ3v) is 5.54. The highest BCUT2D eigenvalue weighted by molar-refractivity contribution is 5.95. The predicted molar refractivity (Wildman–Crippen MR) is 106 cm³/mol. The number of ketones is 1. The maximum Gasteiger partial charge on any atom is 0.174 e. The summed E-state index contributed by atoms with van der Waals surface area (Å²) in [5, 5.41) is 24.4. The molecule has 0 aliphatic heterocycles. The molecule has 0 aromatic carbocycles. The molecule has 0 radical (unpaired) electrons. The van der Waals surface area contributed by atoms with Gasteiger partial charge in [-0.15, -0.1) is 10.2 Å². The van der Waals surface area contributed by atoms with Crippen molar-refractivity contribution in [3.8, 4) is 0 Å². The highest BCUT2D eigenvalue weighted by Gasteiger charge is 2.31. The first-order chi connectivity index (χ1) is 13.1. The maximum atomic E-state index is 12.3. The van der Waals surface area contributed by atoms with E-state index in [0.29, 0.717) is 5.76 Å². The van der Waals surface area contributed by atoms with Crippen LogP contribution in [0.4, 0.5) is 0 Å². The Morgan fingerprint density at radius 2 is 1.93 bits per heavy atom. The molecule has 1 aliphatic rings. The van der Waals surface area contributed by atoms with Crippen molar-refractivity contribution in [2.45, 2.75) is 84.5 Å². The second-order valence-corrected chi connectivity index (χ2v) is 7.62. The summed E-state index contributed by atoms with van der Waals surface area (Å²) >= 11 is 0. The van der Waals surface area contributed by atoms with Crippen molar-refractivity contribution in [2.24, 2.45) is 11.8 Å². The minimum atomic E-state index is -0.00000102. The van der Waals surface area contributed by atoms with Gasteiger partial charge in [0.05, 0.1) is 5.76 Å². The van der Waals surface area contributed by atoms with Crippen LogP contribution in [0.25, 0.3) is 0 Å². The maximum absolute atomic E-state index is 12.3. The second-order valence-electron chi connectivity index (χ2n) is 7.62. The number of rotatable bonds is 13. The highest BCUT2D eigenvalue weighted by Crippen LogP contribution is 2.34. The summed E-state index contributed by atoms with van der Waals surface area (Å²) in [4.78, 5) is 12.3. The standard InChI is InChI=1S/C21H34N4O2/c1-3-4-5-9-12-19(26)16(2)17-14-15-20(27)18(17)11-8-6-7-10-13-21-22-24-25-23-21/h14-15,17-18,26H,3-13H2,1-2H3,(H,22,23,24,25)/b19-16+/t17-,18-/m0/s1. The number of carbonyl (C=O) groups is 1. The van der Waals surface area contributed by atoms with Crippen LogP contribution in [0, 0.1) is 11.8 Å². The highest BCUT2D eigenvalue weighted by atomic mass is 16.3. The molecule has 6 heteroatoms. The topological polar surface area (TPSA) is 91.8 Å². The van der Waals surface area contributed by atoms with Crippen molar-refractivity contribution < 1.29 is 9.90 Å². The van der Waals surface area contributed by atoms with Crippen molar-refractivity contribution in [2.75, 3.05) is 0 Å². The Labute approximate surface area is 162 Å². The molecule has 0 bridgehead atoms. The zero-order valence-corrected chi connectivity index (χ0v) is 16.8. The Hall–Kier alpha value is -1.98. The molecule has 27 heavy (non-hydrogen) atoms. The van der Waals surface area contributed by atoms with E-state index < -0.39 is 0 Å². The number of hydrogen-bond donors (Lipinski definition) is 2. The van der Waals surface area contributed by atoms with Crippen molar-refractivity contribution in [3.05, 3.63) is 29.3 Å². The van der Waals surface area contributed by atoms with Crippen molar-refractivity contribution in [1.29, 1.82) is 0 Å². The van der Waals surface area contributed by atoms with Crippen LogP contribution in [0.2, 0.25) is 0 Å². The number of nitrogens with zero attached hydrogens (tertiary/aromatic N) is 3. The fraction of sp³-hybridized carbons (Fsp3) is 0.714. The molecule has 0 fully saturated rings. The van der Waals surface area contributed by atoms with E-state index in [4.69, 9.17) is 0 Å². The quantitative estimate of drug-likeness (QED) is 0.380. The lowest BCUT2D eigenvalue weighted by Gasteiger charge is -2.20. The molecule has 1 aromatic heterocycles. The molecule has 150 valence electrons. The SMILES string of the molecule is CCCCCC/C(O)=C(/C)[C@@H]1C=CC(=O)[C@H]1CCCCCCc1nn[nH]n1. The minimum absolute atomic E-state index is 0.00000102. The fourth-order valence-corrected chi connectivity index (χ4v) is 3.80. The lowest BCUT2D eigenvalue weighted by Crippen LogP contribution is -2.18. The van der Waals surface area contributed by atoms with E-state index in [-0.39, 0.29) is 17.6 Å². The first-order valence-electron chi connectivity index (χ1n) is 10.5. The number of nitrogens with one attached hydrogen (secondary N) is 1. The fourth-order valence-electron chi connectivity index (χ4n) is 3.80. The zero-order valence-electron chi connectivity index (χ0n) is 16.8. The summed E-state index contributed by atoms with van der Waals surface area (Å²) in [6, 6.07) is 0. The van der Waals surface area contributed by atoms with Crippen LogP contribution < -0.4 is 0 Å². The van der Waals surface area contributed by atoms with Crippen LogP contribution in [0.5, 0.6) is 0 Å². The van der Waals surface area contributed by atoms with E-state index in [2.05, 4.69) is 27.5 Å². The molecule has 1 heterocycles. The molecule has 2 rings (SSSR count). The van der Waals surface area contributed by atoms with Crippen LogP contribution in [-0.2, 0) is 11.2 Å². The Kier molecular flexibility index (Phi) is 9.22. The van der Waals surface area contributed by atoms with Gasteiger partial charge < -0.3 is 5.11 Å². The number of aliphatic hydroxyl groups excluding tert-OH is 1. The molecule has 6 nitrogen and oxygen atoms in total. The van der Waals surface area contributed by atoms with Gasteiger partial charge in [0.1, 0.15) is 0 Å². The van der Waals surface area contributed by atoms with E-state index in [0.717, 1.165) is 69.2 Å². The summed E-state index contributed by atoms with van der Waals surface area (Å²) in [7, 11) is 0. The lowest BCUT2D eigenvalue weighted by molar-refractivity contribution is -0.118. The van der Waals surface area contributed by atoms with Crippen LogP contribution >= 0.6 is 0 Å². The second kappa shape index (κ2) is 11.7. The third-order valence-electron chi connectivity index (χ3n) is 5.54. The van der Waals surface area contributed by atoms with Crippen molar-refractivity contribution in [3.63, 3.8) is 0 Å². The van der Waals surface area contributed by atoms with Gasteiger partial charge in [-0.3, -0.25) is 4.79 Å². The minimum Gasteiger partial charge on any atom is -0.512 e. The molecule has 0 saturated heterocycles. The van der Waals surface area contributed by atoms with Crippen molar-refractivity contribution in [1.82, 2.24) is 20.6 Å². The smallest absolute Gasteiger partial charge is 0.174 e. The van der Waals surface area contributed by atoms with Gasteiger partial charge in [-0.25, -0.2) is 0 Å². The normalized spacial score (nSPS) is 20.3. The number of carbonyl (C=O) groups excluding carboxylic acids is 1. The number of H-pyrrole nitrogens is 1. The molecule has 2 N–H and O–H groups in total. The number of tetrazole rings is 1. The molecule has 0 saturated carbocycles. The summed E-state index contributed by atoms with van der Waals surface area (Å²) in [5.74, 6) is 1.54.